The van der Waals surface area contributed by atoms with Crippen LogP contribution in [0.25, 0.3) is 0 Å². The maximum Gasteiger partial charge on any atom is 0.127 e. The molecule has 0 fully saturated rings. The van der Waals surface area contributed by atoms with Crippen molar-refractivity contribution in [2.45, 2.75) is 35.6 Å². The van der Waals surface area contributed by atoms with Gasteiger partial charge in [0.1, 0.15) is 5.82 Å². The Morgan fingerprint density at radius 3 is 2.89 bits per heavy atom. The summed E-state index contributed by atoms with van der Waals surface area (Å²) >= 11 is 1.52. The fourth-order valence-electron chi connectivity index (χ4n) is 1.82. The number of nitrogens with two attached hydrogens (primary N) is 1. The molecule has 1 atom stereocenters. The Hall–Kier alpha value is -1.33. The van der Waals surface area contributed by atoms with Crippen molar-refractivity contribution in [2.75, 3.05) is 0 Å². The summed E-state index contributed by atoms with van der Waals surface area (Å²) < 4.78 is 15.7. The van der Waals surface area contributed by atoms with Crippen molar-refractivity contribution >= 4 is 11.8 Å². The average molecular weight is 279 g/mol. The van der Waals surface area contributed by atoms with Crippen LogP contribution in [0.5, 0.6) is 0 Å². The highest BCUT2D eigenvalue weighted by molar-refractivity contribution is 7.99. The third-order valence-electron chi connectivity index (χ3n) is 2.98. The van der Waals surface area contributed by atoms with E-state index in [0.717, 1.165) is 16.2 Å². The topological polar surface area (TPSA) is 43.8 Å². The van der Waals surface area contributed by atoms with Gasteiger partial charge in [-0.05, 0) is 25.0 Å². The average Bonchev–Trinajstić information content (AvgIpc) is 2.79. The summed E-state index contributed by atoms with van der Waals surface area (Å²) in [5.74, 6) is -0.183. The van der Waals surface area contributed by atoms with Gasteiger partial charge < -0.3 is 5.73 Å². The van der Waals surface area contributed by atoms with E-state index in [1.807, 2.05) is 26.2 Å². The number of hydrogen-bond donors (Lipinski definition) is 1. The summed E-state index contributed by atoms with van der Waals surface area (Å²) in [5, 5.41) is 4.12. The lowest BCUT2D eigenvalue weighted by molar-refractivity contribution is 0.571. The van der Waals surface area contributed by atoms with Gasteiger partial charge >= 0.3 is 0 Å². The lowest BCUT2D eigenvalue weighted by Gasteiger charge is -2.13. The third-order valence-corrected chi connectivity index (χ3v) is 4.02. The van der Waals surface area contributed by atoms with Crippen molar-refractivity contribution in [1.82, 2.24) is 9.78 Å². The molecule has 1 unspecified atom stereocenters. The summed E-state index contributed by atoms with van der Waals surface area (Å²) in [4.78, 5) is 1.91. The van der Waals surface area contributed by atoms with Gasteiger partial charge in [0.15, 0.2) is 0 Å². The maximum absolute atomic E-state index is 14.0. The van der Waals surface area contributed by atoms with Crippen molar-refractivity contribution in [3.05, 3.63) is 42.0 Å². The summed E-state index contributed by atoms with van der Waals surface area (Å²) in [5.41, 5.74) is 6.65. The number of aryl methyl sites for hydroxylation is 1. The number of benzene rings is 1. The van der Waals surface area contributed by atoms with Gasteiger partial charge in [0.2, 0.25) is 0 Å². The normalized spacial score (nSPS) is 12.6. The summed E-state index contributed by atoms with van der Waals surface area (Å²) in [6.07, 6.45) is 5.09. The van der Waals surface area contributed by atoms with Crippen LogP contribution in [0.1, 0.15) is 18.9 Å². The number of hydrogen-bond acceptors (Lipinski definition) is 3. The second-order valence-electron chi connectivity index (χ2n) is 4.54. The van der Waals surface area contributed by atoms with Crippen LogP contribution in [0, 0.1) is 5.82 Å². The first-order valence-corrected chi connectivity index (χ1v) is 7.11. The largest absolute Gasteiger partial charge is 0.327 e. The van der Waals surface area contributed by atoms with Crippen molar-refractivity contribution in [3.8, 4) is 0 Å². The predicted molar refractivity (Wildman–Crippen MR) is 75.7 cm³/mol. The second-order valence-corrected chi connectivity index (χ2v) is 5.66. The van der Waals surface area contributed by atoms with Gasteiger partial charge in [-0.25, -0.2) is 4.39 Å². The number of halogens is 1. The molecule has 102 valence electrons. The van der Waals surface area contributed by atoms with Crippen molar-refractivity contribution < 1.29 is 4.39 Å². The maximum atomic E-state index is 14.0. The zero-order chi connectivity index (χ0) is 13.8. The smallest absolute Gasteiger partial charge is 0.127 e. The molecule has 0 bridgehead atoms. The van der Waals surface area contributed by atoms with Crippen LogP contribution < -0.4 is 5.73 Å². The van der Waals surface area contributed by atoms with Crippen LogP contribution in [0.2, 0.25) is 0 Å². The molecule has 0 aliphatic carbocycles. The molecule has 2 aromatic rings. The Morgan fingerprint density at radius 1 is 1.47 bits per heavy atom. The van der Waals surface area contributed by atoms with Crippen LogP contribution in [0.15, 0.2) is 40.4 Å². The van der Waals surface area contributed by atoms with Gasteiger partial charge in [-0.2, -0.15) is 5.10 Å². The molecule has 0 amide bonds. The van der Waals surface area contributed by atoms with Gasteiger partial charge in [-0.3, -0.25) is 4.68 Å². The van der Waals surface area contributed by atoms with Crippen LogP contribution >= 0.6 is 11.8 Å². The van der Waals surface area contributed by atoms with E-state index in [-0.39, 0.29) is 11.9 Å². The van der Waals surface area contributed by atoms with E-state index < -0.39 is 0 Å². The fraction of sp³-hybridized carbons (Fsp3) is 0.357. The SMILES string of the molecule is CCC(N)Cc1c(F)cccc1Sc1cnn(C)c1. The molecule has 19 heavy (non-hydrogen) atoms. The molecule has 0 saturated heterocycles. The highest BCUT2D eigenvalue weighted by atomic mass is 32.2. The Balaban J connectivity index is 2.26. The molecular weight excluding hydrogens is 261 g/mol. The Bertz CT molecular complexity index is 553. The summed E-state index contributed by atoms with van der Waals surface area (Å²) in [6.45, 7) is 2.01. The van der Waals surface area contributed by atoms with E-state index >= 15 is 0 Å². The molecule has 0 aliphatic heterocycles. The first kappa shape index (κ1) is 14.1. The summed E-state index contributed by atoms with van der Waals surface area (Å²) in [7, 11) is 1.86. The van der Waals surface area contributed by atoms with Gasteiger partial charge in [-0.1, -0.05) is 24.8 Å². The monoisotopic (exact) mass is 279 g/mol. The summed E-state index contributed by atoms with van der Waals surface area (Å²) in [6, 6.07) is 5.14. The van der Waals surface area contributed by atoms with E-state index in [0.29, 0.717) is 12.0 Å². The van der Waals surface area contributed by atoms with Gasteiger partial charge in [-0.15, -0.1) is 0 Å². The first-order chi connectivity index (χ1) is 9.10. The molecular formula is C14H18FN3S. The van der Waals surface area contributed by atoms with E-state index in [1.165, 1.54) is 17.8 Å². The van der Waals surface area contributed by atoms with Crippen molar-refractivity contribution in [1.29, 1.82) is 0 Å². The molecule has 1 aromatic carbocycles. The molecule has 0 radical (unpaired) electrons. The molecule has 5 heteroatoms. The third kappa shape index (κ3) is 3.58. The molecule has 0 aliphatic rings. The van der Waals surface area contributed by atoms with Crippen molar-refractivity contribution in [2.24, 2.45) is 12.8 Å². The van der Waals surface area contributed by atoms with Gasteiger partial charge in [0.05, 0.1) is 11.1 Å². The van der Waals surface area contributed by atoms with E-state index in [9.17, 15) is 4.39 Å². The second kappa shape index (κ2) is 6.21. The minimum Gasteiger partial charge on any atom is -0.327 e. The van der Waals surface area contributed by atoms with E-state index in [2.05, 4.69) is 5.10 Å². The number of rotatable bonds is 5. The lowest BCUT2D eigenvalue weighted by Crippen LogP contribution is -2.22. The fourth-order valence-corrected chi connectivity index (χ4v) is 2.83. The highest BCUT2D eigenvalue weighted by Crippen LogP contribution is 2.32. The van der Waals surface area contributed by atoms with Crippen LogP contribution in [0.3, 0.4) is 0 Å². The minimum atomic E-state index is -0.183. The highest BCUT2D eigenvalue weighted by Gasteiger charge is 2.13. The minimum absolute atomic E-state index is 0.00912. The van der Waals surface area contributed by atoms with Crippen LogP contribution in [0.4, 0.5) is 4.39 Å². The molecule has 1 heterocycles. The molecule has 1 aromatic heterocycles. The molecule has 2 N–H and O–H groups in total. The van der Waals surface area contributed by atoms with E-state index in [1.54, 1.807) is 16.9 Å². The first-order valence-electron chi connectivity index (χ1n) is 6.29. The molecule has 0 saturated carbocycles. The molecule has 2 rings (SSSR count). The Labute approximate surface area is 117 Å². The van der Waals surface area contributed by atoms with Gasteiger partial charge in [0.25, 0.3) is 0 Å². The number of aromatic nitrogens is 2. The zero-order valence-corrected chi connectivity index (χ0v) is 12.0. The molecule has 0 spiro atoms. The quantitative estimate of drug-likeness (QED) is 0.915. The van der Waals surface area contributed by atoms with Crippen molar-refractivity contribution in [3.63, 3.8) is 0 Å². The zero-order valence-electron chi connectivity index (χ0n) is 11.1. The Morgan fingerprint density at radius 2 is 2.26 bits per heavy atom. The molecule has 3 nitrogen and oxygen atoms in total. The Kier molecular flexibility index (Phi) is 4.61. The standard InChI is InChI=1S/C14H18FN3S/c1-3-10(16)7-12-13(15)5-4-6-14(12)19-11-8-17-18(2)9-11/h4-6,8-10H,3,7,16H2,1-2H3. The van der Waals surface area contributed by atoms with Crippen LogP contribution in [-0.4, -0.2) is 15.8 Å². The van der Waals surface area contributed by atoms with E-state index in [4.69, 9.17) is 5.73 Å². The number of nitrogens with zero attached hydrogens (tertiary/aromatic N) is 2. The predicted octanol–water partition coefficient (Wildman–Crippen LogP) is 2.99. The van der Waals surface area contributed by atoms with Crippen LogP contribution in [-0.2, 0) is 13.5 Å². The lowest BCUT2D eigenvalue weighted by atomic mass is 10.0. The van der Waals surface area contributed by atoms with Gasteiger partial charge in [0, 0.05) is 29.7 Å².